The van der Waals surface area contributed by atoms with Crippen LogP contribution in [0.25, 0.3) is 22.2 Å². The number of pyridine rings is 1. The van der Waals surface area contributed by atoms with Gasteiger partial charge in [-0.2, -0.15) is 0 Å². The highest BCUT2D eigenvalue weighted by atomic mass is 32.2. The molecule has 0 aliphatic rings. The van der Waals surface area contributed by atoms with Crippen LogP contribution in [0, 0.1) is 0 Å². The number of ether oxygens (including phenoxy) is 1. The Morgan fingerprint density at radius 3 is 2.79 bits per heavy atom. The number of nitrogens with zero attached hydrogens (tertiary/aromatic N) is 2. The number of fused-ring (bicyclic) bond motifs is 1. The number of nitrogens with one attached hydrogen (secondary N) is 1. The van der Waals surface area contributed by atoms with Crippen molar-refractivity contribution >= 4 is 45.0 Å². The van der Waals surface area contributed by atoms with Crippen LogP contribution in [0.2, 0.25) is 0 Å². The van der Waals surface area contributed by atoms with Gasteiger partial charge in [-0.25, -0.2) is 4.98 Å². The average molecular weight is 408 g/mol. The summed E-state index contributed by atoms with van der Waals surface area (Å²) in [6.07, 6.45) is 1.77. The lowest BCUT2D eigenvalue weighted by atomic mass is 10.2. The van der Waals surface area contributed by atoms with Gasteiger partial charge in [0.15, 0.2) is 5.13 Å². The predicted molar refractivity (Wildman–Crippen MR) is 115 cm³/mol. The minimum absolute atomic E-state index is 0.0893. The molecular weight excluding hydrogens is 390 g/mol. The van der Waals surface area contributed by atoms with Crippen LogP contribution in [0.5, 0.6) is 5.75 Å². The number of methoxy groups -OCH3 is 1. The summed E-state index contributed by atoms with van der Waals surface area (Å²) in [5.74, 6) is 1.01. The van der Waals surface area contributed by atoms with Crippen molar-refractivity contribution in [3.8, 4) is 17.0 Å². The molecule has 28 heavy (non-hydrogen) atoms. The fraction of sp³-hybridized carbons (Fsp3) is 0.0952. The molecule has 0 bridgehead atoms. The molecule has 1 amide bonds. The van der Waals surface area contributed by atoms with Crippen molar-refractivity contribution in [1.82, 2.24) is 9.97 Å². The summed E-state index contributed by atoms with van der Waals surface area (Å²) in [6.45, 7) is 0. The molecule has 0 aliphatic carbocycles. The van der Waals surface area contributed by atoms with Crippen LogP contribution in [-0.2, 0) is 4.79 Å². The molecule has 0 aliphatic heterocycles. The molecule has 1 N–H and O–H groups in total. The first-order valence-corrected chi connectivity index (χ1v) is 10.5. The number of amides is 1. The van der Waals surface area contributed by atoms with E-state index in [0.717, 1.165) is 32.8 Å². The molecular formula is C21H17N3O2S2. The molecule has 0 unspecified atom stereocenters. The van der Waals surface area contributed by atoms with Crippen molar-refractivity contribution < 1.29 is 9.53 Å². The van der Waals surface area contributed by atoms with Gasteiger partial charge in [-0.1, -0.05) is 18.2 Å². The molecule has 0 fully saturated rings. The number of carbonyl (C=O) groups excluding carboxylic acids is 1. The van der Waals surface area contributed by atoms with Crippen molar-refractivity contribution in [1.29, 1.82) is 0 Å². The molecule has 4 aromatic rings. The van der Waals surface area contributed by atoms with E-state index in [9.17, 15) is 4.79 Å². The van der Waals surface area contributed by atoms with E-state index in [1.165, 1.54) is 23.1 Å². The van der Waals surface area contributed by atoms with Gasteiger partial charge in [0.2, 0.25) is 5.91 Å². The van der Waals surface area contributed by atoms with Gasteiger partial charge in [0.05, 0.1) is 24.1 Å². The lowest BCUT2D eigenvalue weighted by molar-refractivity contribution is -0.113. The van der Waals surface area contributed by atoms with Gasteiger partial charge >= 0.3 is 0 Å². The molecule has 4 rings (SSSR count). The topological polar surface area (TPSA) is 64.1 Å². The van der Waals surface area contributed by atoms with Gasteiger partial charge < -0.3 is 10.1 Å². The second-order valence-electron chi connectivity index (χ2n) is 5.93. The zero-order chi connectivity index (χ0) is 19.3. The normalized spacial score (nSPS) is 10.8. The highest BCUT2D eigenvalue weighted by Gasteiger charge is 2.10. The molecule has 2 aromatic heterocycles. The van der Waals surface area contributed by atoms with E-state index in [1.54, 1.807) is 13.3 Å². The molecule has 140 valence electrons. The third-order valence-corrected chi connectivity index (χ3v) is 5.90. The van der Waals surface area contributed by atoms with Crippen molar-refractivity contribution in [2.24, 2.45) is 0 Å². The summed E-state index contributed by atoms with van der Waals surface area (Å²) in [4.78, 5) is 22.3. The highest BCUT2D eigenvalue weighted by molar-refractivity contribution is 8.00. The number of aromatic nitrogens is 2. The maximum Gasteiger partial charge on any atom is 0.236 e. The average Bonchev–Trinajstić information content (AvgIpc) is 3.20. The minimum atomic E-state index is -0.0893. The van der Waals surface area contributed by atoms with E-state index in [4.69, 9.17) is 4.74 Å². The first kappa shape index (κ1) is 18.5. The van der Waals surface area contributed by atoms with E-state index >= 15 is 0 Å². The quantitative estimate of drug-likeness (QED) is 0.451. The zero-order valence-electron chi connectivity index (χ0n) is 15.1. The maximum atomic E-state index is 12.3. The molecule has 0 saturated carbocycles. The Morgan fingerprint density at radius 2 is 1.96 bits per heavy atom. The summed E-state index contributed by atoms with van der Waals surface area (Å²) < 4.78 is 5.17. The fourth-order valence-corrected chi connectivity index (χ4v) is 4.29. The summed E-state index contributed by atoms with van der Waals surface area (Å²) in [7, 11) is 1.64. The molecule has 0 atom stereocenters. The number of benzene rings is 2. The number of carbonyl (C=O) groups is 1. The molecule has 5 nitrogen and oxygen atoms in total. The van der Waals surface area contributed by atoms with Crippen LogP contribution in [0.4, 0.5) is 5.13 Å². The SMILES string of the molecule is COc1ccc(-c2csc(NC(=O)CSc3cccc4cccnc34)n2)cc1. The maximum absolute atomic E-state index is 12.3. The Balaban J connectivity index is 1.39. The molecule has 2 aromatic carbocycles. The second kappa shape index (κ2) is 8.41. The second-order valence-corrected chi connectivity index (χ2v) is 7.81. The first-order valence-electron chi connectivity index (χ1n) is 8.59. The van der Waals surface area contributed by atoms with Crippen molar-refractivity contribution in [2.75, 3.05) is 18.2 Å². The fourth-order valence-electron chi connectivity index (χ4n) is 2.72. The van der Waals surface area contributed by atoms with Crippen LogP contribution in [0.15, 0.2) is 71.1 Å². The van der Waals surface area contributed by atoms with Crippen LogP contribution in [0.1, 0.15) is 0 Å². The summed E-state index contributed by atoms with van der Waals surface area (Å²) in [6, 6.07) is 17.6. The van der Waals surface area contributed by atoms with Gasteiger partial charge in [-0.05, 0) is 36.4 Å². The number of thiazole rings is 1. The number of hydrogen-bond acceptors (Lipinski definition) is 6. The number of para-hydroxylation sites is 1. The van der Waals surface area contributed by atoms with Gasteiger partial charge in [-0.15, -0.1) is 23.1 Å². The van der Waals surface area contributed by atoms with Crippen LogP contribution in [-0.4, -0.2) is 28.7 Å². The number of rotatable bonds is 6. The van der Waals surface area contributed by atoms with E-state index < -0.39 is 0 Å². The van der Waals surface area contributed by atoms with Crippen LogP contribution >= 0.6 is 23.1 Å². The van der Waals surface area contributed by atoms with Crippen LogP contribution < -0.4 is 10.1 Å². The lowest BCUT2D eigenvalue weighted by Gasteiger charge is -2.05. The van der Waals surface area contributed by atoms with Crippen molar-refractivity contribution in [2.45, 2.75) is 4.90 Å². The van der Waals surface area contributed by atoms with Crippen LogP contribution in [0.3, 0.4) is 0 Å². The van der Waals surface area contributed by atoms with Gasteiger partial charge in [-0.3, -0.25) is 9.78 Å². The van der Waals surface area contributed by atoms with Gasteiger partial charge in [0, 0.05) is 27.4 Å². The number of anilines is 1. The number of hydrogen-bond donors (Lipinski definition) is 1. The van der Waals surface area contributed by atoms with E-state index in [2.05, 4.69) is 15.3 Å². The van der Waals surface area contributed by atoms with Gasteiger partial charge in [0.1, 0.15) is 5.75 Å². The third-order valence-electron chi connectivity index (χ3n) is 4.09. The summed E-state index contributed by atoms with van der Waals surface area (Å²) in [5, 5.41) is 6.46. The highest BCUT2D eigenvalue weighted by Crippen LogP contribution is 2.28. The molecule has 0 saturated heterocycles. The van der Waals surface area contributed by atoms with Crippen molar-refractivity contribution in [3.63, 3.8) is 0 Å². The smallest absolute Gasteiger partial charge is 0.236 e. The Hall–Kier alpha value is -2.90. The molecule has 2 heterocycles. The van der Waals surface area contributed by atoms with Gasteiger partial charge in [0.25, 0.3) is 0 Å². The Bertz CT molecular complexity index is 1100. The molecule has 0 radical (unpaired) electrons. The van der Waals surface area contributed by atoms with E-state index in [1.807, 2.05) is 60.0 Å². The first-order chi connectivity index (χ1) is 13.7. The monoisotopic (exact) mass is 407 g/mol. The standard InChI is InChI=1S/C21H17N3O2S2/c1-26-16-9-7-14(8-10-16)17-12-28-21(23-17)24-19(25)13-27-18-6-2-4-15-5-3-11-22-20(15)18/h2-12H,13H2,1H3,(H,23,24,25). The summed E-state index contributed by atoms with van der Waals surface area (Å²) >= 11 is 2.88. The Labute approximate surface area is 170 Å². The Morgan fingerprint density at radius 1 is 1.14 bits per heavy atom. The minimum Gasteiger partial charge on any atom is -0.497 e. The zero-order valence-corrected chi connectivity index (χ0v) is 16.7. The number of thioether (sulfide) groups is 1. The Kier molecular flexibility index (Phi) is 5.55. The largest absolute Gasteiger partial charge is 0.497 e. The van der Waals surface area contributed by atoms with E-state index in [-0.39, 0.29) is 5.91 Å². The summed E-state index contributed by atoms with van der Waals surface area (Å²) in [5.41, 5.74) is 2.72. The molecule has 0 spiro atoms. The lowest BCUT2D eigenvalue weighted by Crippen LogP contribution is -2.13. The van der Waals surface area contributed by atoms with Crippen molar-refractivity contribution in [3.05, 3.63) is 66.2 Å². The predicted octanol–water partition coefficient (Wildman–Crippen LogP) is 5.10. The third kappa shape index (κ3) is 4.16. The molecule has 7 heteroatoms. The van der Waals surface area contributed by atoms with E-state index in [0.29, 0.717) is 10.9 Å².